The predicted octanol–water partition coefficient (Wildman–Crippen LogP) is 5.55. The third-order valence-electron chi connectivity index (χ3n) is 6.02. The molecule has 0 radical (unpaired) electrons. The van der Waals surface area contributed by atoms with Crippen LogP contribution in [0.3, 0.4) is 0 Å². The Labute approximate surface area is 231 Å². The zero-order chi connectivity index (χ0) is 27.7. The standard InChI is InChI=1S/C26H36N2O7PS2/c1-25(2,3)37(30)27-21-11-13-32-23-15-17(7-9-19(21)23)34-36(29)35-18-8-10-20-22(12-14-33-24(20)16-18)28-38(31)26(4,5)6/h7-10,15-16,21-22,27-28H,11-14H2,1-6H3/q+1. The molecule has 2 heterocycles. The van der Waals surface area contributed by atoms with Gasteiger partial charge in [0.05, 0.1) is 25.3 Å². The van der Waals surface area contributed by atoms with E-state index in [4.69, 9.17) is 18.5 Å². The van der Waals surface area contributed by atoms with Gasteiger partial charge in [-0.25, -0.2) is 9.05 Å². The van der Waals surface area contributed by atoms with Crippen LogP contribution < -0.4 is 28.0 Å². The fourth-order valence-electron chi connectivity index (χ4n) is 3.90. The summed E-state index contributed by atoms with van der Waals surface area (Å²) < 4.78 is 66.1. The lowest BCUT2D eigenvalue weighted by Gasteiger charge is -2.31. The second-order valence-electron chi connectivity index (χ2n) is 11.2. The molecule has 0 aliphatic carbocycles. The Bertz CT molecular complexity index is 1070. The van der Waals surface area contributed by atoms with Crippen molar-refractivity contribution in [1.29, 1.82) is 0 Å². The molecular weight excluding hydrogens is 547 g/mol. The smallest absolute Gasteiger partial charge is 0.598 e. The maximum Gasteiger partial charge on any atom is 0.805 e. The van der Waals surface area contributed by atoms with Crippen molar-refractivity contribution in [2.24, 2.45) is 0 Å². The van der Waals surface area contributed by atoms with Crippen LogP contribution in [0.2, 0.25) is 0 Å². The van der Waals surface area contributed by atoms with E-state index >= 15 is 0 Å². The maximum atomic E-state index is 12.7. The highest BCUT2D eigenvalue weighted by atomic mass is 32.2. The molecule has 38 heavy (non-hydrogen) atoms. The first-order valence-electron chi connectivity index (χ1n) is 12.5. The largest absolute Gasteiger partial charge is 0.805 e. The van der Waals surface area contributed by atoms with Gasteiger partial charge in [0.15, 0.2) is 11.5 Å². The second-order valence-corrected chi connectivity index (χ2v) is 16.0. The Morgan fingerprint density at radius 1 is 0.789 bits per heavy atom. The Kier molecular flexibility index (Phi) is 9.09. The summed E-state index contributed by atoms with van der Waals surface area (Å²) in [5.74, 6) is 1.86. The molecule has 0 aromatic heterocycles. The van der Waals surface area contributed by atoms with E-state index in [0.29, 0.717) is 49.1 Å². The van der Waals surface area contributed by atoms with Crippen molar-refractivity contribution >= 4 is 31.0 Å². The molecule has 0 spiro atoms. The van der Waals surface area contributed by atoms with E-state index in [2.05, 4.69) is 9.44 Å². The summed E-state index contributed by atoms with van der Waals surface area (Å²) in [6, 6.07) is 10.1. The first kappa shape index (κ1) is 29.3. The van der Waals surface area contributed by atoms with Gasteiger partial charge in [0.2, 0.25) is 0 Å². The molecule has 4 atom stereocenters. The van der Waals surface area contributed by atoms with Gasteiger partial charge in [-0.2, -0.15) is 0 Å². The molecule has 2 N–H and O–H groups in total. The average Bonchev–Trinajstić information content (AvgIpc) is 2.83. The fraction of sp³-hybridized carbons (Fsp3) is 0.538. The molecule has 0 saturated heterocycles. The Balaban J connectivity index is 1.39. The highest BCUT2D eigenvalue weighted by Crippen LogP contribution is 2.41. The molecule has 0 saturated carbocycles. The van der Waals surface area contributed by atoms with Crippen LogP contribution in [0.4, 0.5) is 0 Å². The predicted molar refractivity (Wildman–Crippen MR) is 150 cm³/mol. The minimum atomic E-state index is -2.53. The monoisotopic (exact) mass is 583 g/mol. The van der Waals surface area contributed by atoms with Crippen molar-refractivity contribution in [1.82, 2.24) is 9.44 Å². The number of nitrogens with one attached hydrogen (secondary N) is 2. The van der Waals surface area contributed by atoms with E-state index in [1.54, 1.807) is 24.3 Å². The maximum absolute atomic E-state index is 12.7. The minimum Gasteiger partial charge on any atom is -0.598 e. The third kappa shape index (κ3) is 7.27. The lowest BCUT2D eigenvalue weighted by molar-refractivity contribution is 0.261. The van der Waals surface area contributed by atoms with Gasteiger partial charge in [-0.3, -0.25) is 0 Å². The second kappa shape index (κ2) is 11.8. The van der Waals surface area contributed by atoms with E-state index in [0.717, 1.165) is 11.1 Å². The summed E-state index contributed by atoms with van der Waals surface area (Å²) >= 11 is -2.45. The van der Waals surface area contributed by atoms with E-state index in [9.17, 15) is 13.7 Å². The topological polar surface area (TPSA) is 124 Å². The highest BCUT2D eigenvalue weighted by Gasteiger charge is 2.35. The normalized spacial score (nSPS) is 21.2. The third-order valence-corrected chi connectivity index (χ3v) is 9.96. The van der Waals surface area contributed by atoms with E-state index < -0.39 is 31.0 Å². The highest BCUT2D eigenvalue weighted by molar-refractivity contribution is 7.91. The van der Waals surface area contributed by atoms with Crippen LogP contribution in [0, 0.1) is 0 Å². The fourth-order valence-corrected chi connectivity index (χ4v) is 6.22. The number of hydrogen-bond acceptors (Lipinski definition) is 9. The number of benzene rings is 2. The number of fused-ring (bicyclic) bond motifs is 2. The molecule has 2 aromatic carbocycles. The van der Waals surface area contributed by atoms with Gasteiger partial charge in [-0.05, 0) is 65.8 Å². The average molecular weight is 584 g/mol. The zero-order valence-electron chi connectivity index (χ0n) is 22.6. The van der Waals surface area contributed by atoms with Gasteiger partial charge in [0, 0.05) is 63.4 Å². The SMILES string of the molecule is CC(C)(C)[S+]([O-])NC1CCOc2cc(O[P+](=O)Oc3ccc4c(c3)OCCC4N[S+]([O-])C(C)(C)C)ccc21. The Morgan fingerprint density at radius 2 is 1.18 bits per heavy atom. The first-order chi connectivity index (χ1) is 17.8. The molecule has 2 aliphatic heterocycles. The van der Waals surface area contributed by atoms with Crippen LogP contribution in [0.1, 0.15) is 77.6 Å². The first-order valence-corrected chi connectivity index (χ1v) is 15.9. The van der Waals surface area contributed by atoms with Gasteiger partial charge < -0.3 is 18.6 Å². The molecule has 4 rings (SSSR count). The molecule has 12 heteroatoms. The van der Waals surface area contributed by atoms with E-state index in [1.807, 2.05) is 53.7 Å². The lowest BCUT2D eigenvalue weighted by Crippen LogP contribution is -2.42. The van der Waals surface area contributed by atoms with Gasteiger partial charge in [-0.1, -0.05) is 0 Å². The lowest BCUT2D eigenvalue weighted by atomic mass is 10.0. The van der Waals surface area contributed by atoms with E-state index in [-0.39, 0.29) is 21.6 Å². The van der Waals surface area contributed by atoms with Gasteiger partial charge in [0.1, 0.15) is 21.0 Å². The van der Waals surface area contributed by atoms with Gasteiger partial charge in [-0.15, -0.1) is 9.44 Å². The molecule has 2 aromatic rings. The Morgan fingerprint density at radius 3 is 1.55 bits per heavy atom. The van der Waals surface area contributed by atoms with Gasteiger partial charge >= 0.3 is 8.25 Å². The summed E-state index contributed by atoms with van der Waals surface area (Å²) in [7, 11) is -2.53. The van der Waals surface area contributed by atoms with Crippen LogP contribution in [0.5, 0.6) is 23.0 Å². The molecule has 0 fully saturated rings. The number of hydrogen-bond donors (Lipinski definition) is 2. The van der Waals surface area contributed by atoms with Crippen molar-refractivity contribution in [3.05, 3.63) is 47.5 Å². The summed E-state index contributed by atoms with van der Waals surface area (Å²) in [6.45, 7) is 12.4. The molecule has 9 nitrogen and oxygen atoms in total. The molecular formula is C26H36N2O7PS2+. The summed E-state index contributed by atoms with van der Waals surface area (Å²) in [6.07, 6.45) is 1.38. The van der Waals surface area contributed by atoms with Crippen LogP contribution >= 0.6 is 8.25 Å². The minimum absolute atomic E-state index is 0.118. The molecule has 0 bridgehead atoms. The summed E-state index contributed by atoms with van der Waals surface area (Å²) in [4.78, 5) is 0. The van der Waals surface area contributed by atoms with Crippen LogP contribution in [-0.4, -0.2) is 31.8 Å². The molecule has 208 valence electrons. The quantitative estimate of drug-likeness (QED) is 0.304. The van der Waals surface area contributed by atoms with Crippen LogP contribution in [0.25, 0.3) is 0 Å². The zero-order valence-corrected chi connectivity index (χ0v) is 25.1. The molecule has 4 unspecified atom stereocenters. The summed E-state index contributed by atoms with van der Waals surface area (Å²) in [5.41, 5.74) is 1.75. The summed E-state index contributed by atoms with van der Waals surface area (Å²) in [5, 5.41) is 0. The van der Waals surface area contributed by atoms with Crippen molar-refractivity contribution in [2.75, 3.05) is 13.2 Å². The number of ether oxygens (including phenoxy) is 2. The molecule has 2 aliphatic rings. The van der Waals surface area contributed by atoms with Crippen molar-refractivity contribution in [3.63, 3.8) is 0 Å². The van der Waals surface area contributed by atoms with Crippen LogP contribution in [-0.2, 0) is 27.3 Å². The van der Waals surface area contributed by atoms with Crippen molar-refractivity contribution in [2.45, 2.75) is 76.0 Å². The van der Waals surface area contributed by atoms with Crippen LogP contribution in [0.15, 0.2) is 36.4 Å². The van der Waals surface area contributed by atoms with Crippen molar-refractivity contribution < 1.29 is 32.2 Å². The van der Waals surface area contributed by atoms with Gasteiger partial charge in [0.25, 0.3) is 0 Å². The van der Waals surface area contributed by atoms with Crippen molar-refractivity contribution in [3.8, 4) is 23.0 Å². The Hall–Kier alpha value is -1.72. The van der Waals surface area contributed by atoms with E-state index in [1.165, 1.54) is 0 Å². The number of rotatable bonds is 8. The molecule has 0 amide bonds.